The molecule has 0 aliphatic rings. The summed E-state index contributed by atoms with van der Waals surface area (Å²) >= 11 is 0. The quantitative estimate of drug-likeness (QED) is 0.768. The van der Waals surface area contributed by atoms with E-state index in [1.165, 1.54) is 0 Å². The van der Waals surface area contributed by atoms with Gasteiger partial charge in [0.05, 0.1) is 0 Å². The Morgan fingerprint density at radius 2 is 2.25 bits per heavy atom. The summed E-state index contributed by atoms with van der Waals surface area (Å²) in [5.74, 6) is 1.38. The summed E-state index contributed by atoms with van der Waals surface area (Å²) in [6, 6.07) is 5.65. The first-order valence-corrected chi connectivity index (χ1v) is 5.60. The van der Waals surface area contributed by atoms with Gasteiger partial charge in [-0.3, -0.25) is 4.79 Å². The van der Waals surface area contributed by atoms with E-state index in [1.54, 1.807) is 6.20 Å². The number of nitrogens with one attached hydrogen (secondary N) is 2. The minimum Gasteiger partial charge on any atom is -0.370 e. The smallest absolute Gasteiger partial charge is 0.221 e. The highest BCUT2D eigenvalue weighted by molar-refractivity contribution is 5.76. The molecule has 1 amide bonds. The van der Waals surface area contributed by atoms with Crippen molar-refractivity contribution in [1.29, 1.82) is 0 Å². The molecule has 2 N–H and O–H groups in total. The second-order valence-electron chi connectivity index (χ2n) is 4.09. The fourth-order valence-electron chi connectivity index (χ4n) is 1.18. The molecule has 4 nitrogen and oxygen atoms in total. The molecule has 1 rings (SSSR count). The van der Waals surface area contributed by atoms with Gasteiger partial charge in [0.15, 0.2) is 0 Å². The van der Waals surface area contributed by atoms with E-state index in [9.17, 15) is 4.79 Å². The van der Waals surface area contributed by atoms with Crippen LogP contribution in [0.5, 0.6) is 0 Å². The molecule has 0 unspecified atom stereocenters. The van der Waals surface area contributed by atoms with Gasteiger partial charge < -0.3 is 10.6 Å². The van der Waals surface area contributed by atoms with Crippen molar-refractivity contribution in [2.75, 3.05) is 18.4 Å². The number of anilines is 1. The molecule has 4 heteroatoms. The zero-order chi connectivity index (χ0) is 11.8. The third kappa shape index (κ3) is 5.34. The molecule has 1 aromatic rings. The van der Waals surface area contributed by atoms with Gasteiger partial charge in [0.1, 0.15) is 5.82 Å². The lowest BCUT2D eigenvalue weighted by Crippen LogP contribution is -2.28. The molecular formula is C12H19N3O. The Morgan fingerprint density at radius 3 is 2.88 bits per heavy atom. The minimum atomic E-state index is 0.0807. The molecule has 1 heterocycles. The Balaban J connectivity index is 2.13. The lowest BCUT2D eigenvalue weighted by atomic mass is 10.2. The van der Waals surface area contributed by atoms with Gasteiger partial charge in [-0.05, 0) is 18.1 Å². The highest BCUT2D eigenvalue weighted by atomic mass is 16.1. The Hall–Kier alpha value is -1.58. The van der Waals surface area contributed by atoms with Crippen LogP contribution < -0.4 is 10.6 Å². The van der Waals surface area contributed by atoms with Crippen LogP contribution in [-0.4, -0.2) is 24.0 Å². The summed E-state index contributed by atoms with van der Waals surface area (Å²) in [5, 5.41) is 5.96. The van der Waals surface area contributed by atoms with E-state index in [-0.39, 0.29) is 5.91 Å². The zero-order valence-corrected chi connectivity index (χ0v) is 9.86. The maximum atomic E-state index is 11.4. The van der Waals surface area contributed by atoms with E-state index in [2.05, 4.69) is 29.5 Å². The monoisotopic (exact) mass is 221 g/mol. The fourth-order valence-corrected chi connectivity index (χ4v) is 1.18. The van der Waals surface area contributed by atoms with E-state index >= 15 is 0 Å². The Kier molecular flexibility index (Phi) is 5.32. The third-order valence-electron chi connectivity index (χ3n) is 2.03. The van der Waals surface area contributed by atoms with Crippen LogP contribution in [0.1, 0.15) is 20.3 Å². The molecule has 0 saturated carbocycles. The van der Waals surface area contributed by atoms with Gasteiger partial charge in [-0.2, -0.15) is 0 Å². The number of hydrogen-bond donors (Lipinski definition) is 2. The van der Waals surface area contributed by atoms with Gasteiger partial charge in [-0.1, -0.05) is 19.9 Å². The molecule has 0 spiro atoms. The van der Waals surface area contributed by atoms with Crippen molar-refractivity contribution in [2.45, 2.75) is 20.3 Å². The fraction of sp³-hybridized carbons (Fsp3) is 0.500. The molecule has 0 fully saturated rings. The average Bonchev–Trinajstić information content (AvgIpc) is 2.28. The number of aromatic nitrogens is 1. The molecule has 0 atom stereocenters. The van der Waals surface area contributed by atoms with Crippen LogP contribution in [0, 0.1) is 5.92 Å². The lowest BCUT2D eigenvalue weighted by molar-refractivity contribution is -0.120. The van der Waals surface area contributed by atoms with Crippen molar-refractivity contribution in [2.24, 2.45) is 5.92 Å². The summed E-state index contributed by atoms with van der Waals surface area (Å²) in [4.78, 5) is 15.5. The van der Waals surface area contributed by atoms with Gasteiger partial charge in [-0.15, -0.1) is 0 Å². The van der Waals surface area contributed by atoms with E-state index in [0.717, 1.165) is 12.4 Å². The van der Waals surface area contributed by atoms with E-state index < -0.39 is 0 Å². The first-order chi connectivity index (χ1) is 7.68. The van der Waals surface area contributed by atoms with Gasteiger partial charge in [0, 0.05) is 25.7 Å². The van der Waals surface area contributed by atoms with Crippen LogP contribution >= 0.6 is 0 Å². The maximum absolute atomic E-state index is 11.4. The Labute approximate surface area is 96.5 Å². The molecule has 88 valence electrons. The molecule has 0 saturated heterocycles. The van der Waals surface area contributed by atoms with Crippen molar-refractivity contribution in [3.05, 3.63) is 24.4 Å². The summed E-state index contributed by atoms with van der Waals surface area (Å²) in [6.07, 6.45) is 2.20. The zero-order valence-electron chi connectivity index (χ0n) is 9.86. The van der Waals surface area contributed by atoms with Crippen LogP contribution in [0.25, 0.3) is 0 Å². The van der Waals surface area contributed by atoms with Crippen molar-refractivity contribution < 1.29 is 4.79 Å². The maximum Gasteiger partial charge on any atom is 0.221 e. The van der Waals surface area contributed by atoms with Gasteiger partial charge >= 0.3 is 0 Å². The molecular weight excluding hydrogens is 202 g/mol. The topological polar surface area (TPSA) is 54.0 Å². The molecule has 0 aromatic carbocycles. The predicted octanol–water partition coefficient (Wildman–Crippen LogP) is 1.66. The second kappa shape index (κ2) is 6.82. The average molecular weight is 221 g/mol. The van der Waals surface area contributed by atoms with Crippen molar-refractivity contribution in [3.63, 3.8) is 0 Å². The van der Waals surface area contributed by atoms with Crippen molar-refractivity contribution in [3.8, 4) is 0 Å². The minimum absolute atomic E-state index is 0.0807. The Bertz CT molecular complexity index is 311. The molecule has 1 aromatic heterocycles. The highest BCUT2D eigenvalue weighted by Crippen LogP contribution is 1.99. The molecule has 16 heavy (non-hydrogen) atoms. The molecule has 0 radical (unpaired) electrons. The van der Waals surface area contributed by atoms with Crippen LogP contribution in [0.4, 0.5) is 5.82 Å². The van der Waals surface area contributed by atoms with Crippen LogP contribution in [0.15, 0.2) is 24.4 Å². The van der Waals surface area contributed by atoms with E-state index in [1.807, 2.05) is 18.2 Å². The van der Waals surface area contributed by atoms with Crippen molar-refractivity contribution >= 4 is 11.7 Å². The normalized spacial score (nSPS) is 10.2. The highest BCUT2D eigenvalue weighted by Gasteiger charge is 2.01. The van der Waals surface area contributed by atoms with E-state index in [0.29, 0.717) is 18.9 Å². The first kappa shape index (κ1) is 12.5. The number of hydrogen-bond acceptors (Lipinski definition) is 3. The summed E-state index contributed by atoms with van der Waals surface area (Å²) in [5.41, 5.74) is 0. The molecule has 0 bridgehead atoms. The SMILES string of the molecule is CC(C)CNC(=O)CCNc1ccccn1. The van der Waals surface area contributed by atoms with Gasteiger partial charge in [0.25, 0.3) is 0 Å². The molecule has 0 aliphatic carbocycles. The van der Waals surface area contributed by atoms with Gasteiger partial charge in [0.2, 0.25) is 5.91 Å². The van der Waals surface area contributed by atoms with E-state index in [4.69, 9.17) is 0 Å². The number of rotatable bonds is 6. The number of amides is 1. The second-order valence-corrected chi connectivity index (χ2v) is 4.09. The Morgan fingerprint density at radius 1 is 1.44 bits per heavy atom. The summed E-state index contributed by atoms with van der Waals surface area (Å²) in [6.45, 7) is 5.50. The lowest BCUT2D eigenvalue weighted by Gasteiger charge is -2.08. The predicted molar refractivity (Wildman–Crippen MR) is 65.2 cm³/mol. The van der Waals surface area contributed by atoms with Gasteiger partial charge in [-0.25, -0.2) is 4.98 Å². The number of carbonyl (C=O) groups excluding carboxylic acids is 1. The number of nitrogens with zero attached hydrogens (tertiary/aromatic N) is 1. The number of carbonyl (C=O) groups is 1. The van der Waals surface area contributed by atoms with Crippen molar-refractivity contribution in [1.82, 2.24) is 10.3 Å². The van der Waals surface area contributed by atoms with Crippen LogP contribution in [-0.2, 0) is 4.79 Å². The standard InChI is InChI=1S/C12H19N3O/c1-10(2)9-15-12(16)6-8-14-11-5-3-4-7-13-11/h3-5,7,10H,6,8-9H2,1-2H3,(H,13,14)(H,15,16). The summed E-state index contributed by atoms with van der Waals surface area (Å²) < 4.78 is 0. The first-order valence-electron chi connectivity index (χ1n) is 5.60. The third-order valence-corrected chi connectivity index (χ3v) is 2.03. The van der Waals surface area contributed by atoms with Crippen LogP contribution in [0.3, 0.4) is 0 Å². The summed E-state index contributed by atoms with van der Waals surface area (Å²) in [7, 11) is 0. The number of pyridine rings is 1. The van der Waals surface area contributed by atoms with Crippen LogP contribution in [0.2, 0.25) is 0 Å². The molecule has 0 aliphatic heterocycles. The largest absolute Gasteiger partial charge is 0.370 e.